The molecule has 0 unspecified atom stereocenters. The summed E-state index contributed by atoms with van der Waals surface area (Å²) in [6.45, 7) is 0. The summed E-state index contributed by atoms with van der Waals surface area (Å²) in [4.78, 5) is 12.6. The number of halogens is 1. The van der Waals surface area contributed by atoms with Crippen LogP contribution in [0.4, 0.5) is 17.1 Å². The lowest BCUT2D eigenvalue weighted by atomic mass is 10.1. The third-order valence-electron chi connectivity index (χ3n) is 3.31. The summed E-state index contributed by atoms with van der Waals surface area (Å²) in [6.07, 6.45) is 0. The molecule has 0 saturated carbocycles. The molecule has 0 spiro atoms. The lowest BCUT2D eigenvalue weighted by molar-refractivity contribution is 0.102. The Kier molecular flexibility index (Phi) is 4.74. The van der Waals surface area contributed by atoms with Crippen LogP contribution in [-0.2, 0) is 0 Å². The minimum atomic E-state index is -0.157. The highest BCUT2D eigenvalue weighted by Gasteiger charge is 2.12. The fraction of sp³-hybridized carbons (Fsp3) is 0. The van der Waals surface area contributed by atoms with Crippen molar-refractivity contribution in [2.45, 2.75) is 0 Å². The second kappa shape index (κ2) is 7.11. The first-order valence-corrected chi connectivity index (χ1v) is 8.00. The Bertz CT molecular complexity index is 804. The third-order valence-corrected chi connectivity index (χ3v) is 3.80. The molecule has 2 N–H and O–H groups in total. The van der Waals surface area contributed by atoms with Gasteiger partial charge in [-0.25, -0.2) is 0 Å². The van der Waals surface area contributed by atoms with Gasteiger partial charge in [-0.2, -0.15) is 0 Å². The summed E-state index contributed by atoms with van der Waals surface area (Å²) in [7, 11) is 0. The molecule has 0 bridgehead atoms. The lowest BCUT2D eigenvalue weighted by Gasteiger charge is -2.13. The van der Waals surface area contributed by atoms with Gasteiger partial charge in [-0.3, -0.25) is 4.79 Å². The number of benzene rings is 3. The zero-order valence-corrected chi connectivity index (χ0v) is 13.9. The van der Waals surface area contributed by atoms with Crippen molar-refractivity contribution >= 4 is 38.9 Å². The van der Waals surface area contributed by atoms with Gasteiger partial charge >= 0.3 is 0 Å². The third kappa shape index (κ3) is 3.99. The van der Waals surface area contributed by atoms with Crippen molar-refractivity contribution in [2.24, 2.45) is 0 Å². The van der Waals surface area contributed by atoms with E-state index in [4.69, 9.17) is 0 Å². The van der Waals surface area contributed by atoms with Crippen molar-refractivity contribution in [3.8, 4) is 0 Å². The van der Waals surface area contributed by atoms with Crippen LogP contribution in [0.15, 0.2) is 83.3 Å². The van der Waals surface area contributed by atoms with Crippen LogP contribution in [0.3, 0.4) is 0 Å². The largest absolute Gasteiger partial charge is 0.355 e. The minimum absolute atomic E-state index is 0.157. The number of hydrogen-bond acceptors (Lipinski definition) is 2. The molecule has 3 aromatic rings. The standard InChI is InChI=1S/C19H15BrN2O/c20-14-11-12-18(21-15-7-3-1-4-8-15)17(13-14)19(23)22-16-9-5-2-6-10-16/h1-13,21H,(H,22,23). The van der Waals surface area contributed by atoms with E-state index in [1.807, 2.05) is 78.9 Å². The normalized spacial score (nSPS) is 10.1. The molecule has 0 aliphatic heterocycles. The van der Waals surface area contributed by atoms with Gasteiger partial charge in [0.25, 0.3) is 5.91 Å². The predicted octanol–water partition coefficient (Wildman–Crippen LogP) is 5.45. The summed E-state index contributed by atoms with van der Waals surface area (Å²) in [5.41, 5.74) is 3.03. The van der Waals surface area contributed by atoms with E-state index in [1.165, 1.54) is 0 Å². The number of rotatable bonds is 4. The van der Waals surface area contributed by atoms with E-state index in [0.717, 1.165) is 21.5 Å². The van der Waals surface area contributed by atoms with Gasteiger partial charge < -0.3 is 10.6 Å². The second-order valence-corrected chi connectivity index (χ2v) is 5.92. The van der Waals surface area contributed by atoms with Gasteiger partial charge in [0.2, 0.25) is 0 Å². The zero-order chi connectivity index (χ0) is 16.1. The number of hydrogen-bond donors (Lipinski definition) is 2. The van der Waals surface area contributed by atoms with Crippen molar-refractivity contribution < 1.29 is 4.79 Å². The maximum Gasteiger partial charge on any atom is 0.257 e. The van der Waals surface area contributed by atoms with Gasteiger partial charge in [0.1, 0.15) is 0 Å². The Hall–Kier alpha value is -2.59. The molecule has 3 rings (SSSR count). The Morgan fingerprint density at radius 1 is 0.783 bits per heavy atom. The van der Waals surface area contributed by atoms with Crippen molar-refractivity contribution in [1.82, 2.24) is 0 Å². The zero-order valence-electron chi connectivity index (χ0n) is 12.3. The Balaban J connectivity index is 1.88. The van der Waals surface area contributed by atoms with Gasteiger partial charge in [-0.15, -0.1) is 0 Å². The highest BCUT2D eigenvalue weighted by atomic mass is 79.9. The van der Waals surface area contributed by atoms with Crippen molar-refractivity contribution in [2.75, 3.05) is 10.6 Å². The van der Waals surface area contributed by atoms with E-state index < -0.39 is 0 Å². The molecule has 0 aromatic heterocycles. The summed E-state index contributed by atoms with van der Waals surface area (Å²) in [5, 5.41) is 6.20. The predicted molar refractivity (Wildman–Crippen MR) is 98.3 cm³/mol. The Morgan fingerprint density at radius 2 is 1.39 bits per heavy atom. The Morgan fingerprint density at radius 3 is 2.04 bits per heavy atom. The first-order chi connectivity index (χ1) is 11.2. The number of anilines is 3. The smallest absolute Gasteiger partial charge is 0.257 e. The lowest BCUT2D eigenvalue weighted by Crippen LogP contribution is -2.14. The maximum atomic E-state index is 12.6. The molecule has 4 heteroatoms. The number of carbonyl (C=O) groups is 1. The molecule has 0 heterocycles. The second-order valence-electron chi connectivity index (χ2n) is 5.00. The molecule has 0 aliphatic rings. The maximum absolute atomic E-state index is 12.6. The molecule has 0 radical (unpaired) electrons. The van der Waals surface area contributed by atoms with Gasteiger partial charge in [0, 0.05) is 15.8 Å². The number of para-hydroxylation sites is 2. The highest BCUT2D eigenvalue weighted by Crippen LogP contribution is 2.25. The molecule has 0 saturated heterocycles. The van der Waals surface area contributed by atoms with Crippen LogP contribution in [0.25, 0.3) is 0 Å². The monoisotopic (exact) mass is 366 g/mol. The number of nitrogens with one attached hydrogen (secondary N) is 2. The molecule has 3 aromatic carbocycles. The van der Waals surface area contributed by atoms with Crippen LogP contribution >= 0.6 is 15.9 Å². The summed E-state index contributed by atoms with van der Waals surface area (Å²) in [5.74, 6) is -0.157. The molecule has 114 valence electrons. The first-order valence-electron chi connectivity index (χ1n) is 7.20. The van der Waals surface area contributed by atoms with Crippen LogP contribution in [0.1, 0.15) is 10.4 Å². The Labute approximate surface area is 143 Å². The van der Waals surface area contributed by atoms with Crippen LogP contribution in [0.2, 0.25) is 0 Å². The molecule has 3 nitrogen and oxygen atoms in total. The fourth-order valence-electron chi connectivity index (χ4n) is 2.21. The van der Waals surface area contributed by atoms with Crippen LogP contribution < -0.4 is 10.6 Å². The van der Waals surface area contributed by atoms with E-state index in [2.05, 4.69) is 26.6 Å². The summed E-state index contributed by atoms with van der Waals surface area (Å²) < 4.78 is 0.856. The van der Waals surface area contributed by atoms with Crippen molar-refractivity contribution in [3.05, 3.63) is 88.9 Å². The summed E-state index contributed by atoms with van der Waals surface area (Å²) in [6, 6.07) is 24.8. The molecular weight excluding hydrogens is 352 g/mol. The number of carbonyl (C=O) groups excluding carboxylic acids is 1. The van der Waals surface area contributed by atoms with Crippen molar-refractivity contribution in [3.63, 3.8) is 0 Å². The van der Waals surface area contributed by atoms with Crippen LogP contribution in [0.5, 0.6) is 0 Å². The van der Waals surface area contributed by atoms with Gasteiger partial charge in [-0.1, -0.05) is 52.3 Å². The molecule has 0 fully saturated rings. The quantitative estimate of drug-likeness (QED) is 0.644. The van der Waals surface area contributed by atoms with Crippen molar-refractivity contribution in [1.29, 1.82) is 0 Å². The first kappa shape index (κ1) is 15.3. The van der Waals surface area contributed by atoms with Gasteiger partial charge in [-0.05, 0) is 42.5 Å². The SMILES string of the molecule is O=C(Nc1ccccc1)c1cc(Br)ccc1Nc1ccccc1. The molecule has 0 atom stereocenters. The molecule has 1 amide bonds. The fourth-order valence-corrected chi connectivity index (χ4v) is 2.57. The van der Waals surface area contributed by atoms with Gasteiger partial charge in [0.15, 0.2) is 0 Å². The average Bonchev–Trinajstić information content (AvgIpc) is 2.58. The highest BCUT2D eigenvalue weighted by molar-refractivity contribution is 9.10. The molecule has 0 aliphatic carbocycles. The van der Waals surface area contributed by atoms with E-state index in [-0.39, 0.29) is 5.91 Å². The van der Waals surface area contributed by atoms with Crippen LogP contribution in [0, 0.1) is 0 Å². The average molecular weight is 367 g/mol. The molecule has 23 heavy (non-hydrogen) atoms. The van der Waals surface area contributed by atoms with E-state index in [1.54, 1.807) is 0 Å². The minimum Gasteiger partial charge on any atom is -0.355 e. The van der Waals surface area contributed by atoms with Gasteiger partial charge in [0.05, 0.1) is 11.3 Å². The van der Waals surface area contributed by atoms with E-state index in [9.17, 15) is 4.79 Å². The summed E-state index contributed by atoms with van der Waals surface area (Å²) >= 11 is 3.43. The van der Waals surface area contributed by atoms with E-state index in [0.29, 0.717) is 5.56 Å². The van der Waals surface area contributed by atoms with Crippen LogP contribution in [-0.4, -0.2) is 5.91 Å². The number of amides is 1. The molecular formula is C19H15BrN2O. The topological polar surface area (TPSA) is 41.1 Å². The van der Waals surface area contributed by atoms with E-state index >= 15 is 0 Å².